The second-order valence-corrected chi connectivity index (χ2v) is 5.52. The number of nitrogens with zero attached hydrogens (tertiary/aromatic N) is 2. The Labute approximate surface area is 130 Å². The van der Waals surface area contributed by atoms with Crippen molar-refractivity contribution in [1.29, 1.82) is 0 Å². The van der Waals surface area contributed by atoms with Gasteiger partial charge in [0.05, 0.1) is 5.52 Å². The van der Waals surface area contributed by atoms with Crippen LogP contribution in [0.3, 0.4) is 0 Å². The van der Waals surface area contributed by atoms with Crippen molar-refractivity contribution < 1.29 is 0 Å². The van der Waals surface area contributed by atoms with Gasteiger partial charge in [0, 0.05) is 42.3 Å². The smallest absolute Gasteiger partial charge is 0.0761 e. The molecule has 1 saturated heterocycles. The number of fused-ring (bicyclic) bond motifs is 1. The van der Waals surface area contributed by atoms with Crippen molar-refractivity contribution in [2.24, 2.45) is 0 Å². The number of hydrogen-bond acceptors (Lipinski definition) is 3. The average Bonchev–Trinajstić information content (AvgIpc) is 2.90. The molecule has 5 heteroatoms. The number of halogens is 2. The number of rotatable bonds is 3. The fourth-order valence-electron chi connectivity index (χ4n) is 2.78. The van der Waals surface area contributed by atoms with Gasteiger partial charge < -0.3 is 5.32 Å². The normalized spacial score (nSPS) is 19.2. The van der Waals surface area contributed by atoms with Gasteiger partial charge in [0.2, 0.25) is 0 Å². The summed E-state index contributed by atoms with van der Waals surface area (Å²) >= 11 is 6.23. The van der Waals surface area contributed by atoms with Crippen LogP contribution in [0, 0.1) is 0 Å². The van der Waals surface area contributed by atoms with E-state index in [-0.39, 0.29) is 12.4 Å². The molecule has 0 saturated carbocycles. The molecule has 1 aliphatic rings. The van der Waals surface area contributed by atoms with Crippen molar-refractivity contribution in [3.8, 4) is 0 Å². The zero-order valence-corrected chi connectivity index (χ0v) is 13.0. The van der Waals surface area contributed by atoms with E-state index in [9.17, 15) is 0 Å². The van der Waals surface area contributed by atoms with Gasteiger partial charge >= 0.3 is 0 Å². The lowest BCUT2D eigenvalue weighted by molar-refractivity contribution is 0.323. The molecule has 1 aliphatic heterocycles. The number of hydrogen-bond donors (Lipinski definition) is 1. The molecule has 0 radical (unpaired) electrons. The highest BCUT2D eigenvalue weighted by molar-refractivity contribution is 6.35. The predicted molar refractivity (Wildman–Crippen MR) is 86.7 cm³/mol. The van der Waals surface area contributed by atoms with Crippen molar-refractivity contribution in [2.75, 3.05) is 20.1 Å². The van der Waals surface area contributed by atoms with Gasteiger partial charge in [0.25, 0.3) is 0 Å². The van der Waals surface area contributed by atoms with E-state index in [1.165, 1.54) is 12.0 Å². The minimum atomic E-state index is 0. The summed E-state index contributed by atoms with van der Waals surface area (Å²) in [5.41, 5.74) is 2.29. The number of nitrogens with one attached hydrogen (secondary N) is 1. The Kier molecular flexibility index (Phi) is 5.22. The molecule has 0 spiro atoms. The van der Waals surface area contributed by atoms with Crippen molar-refractivity contribution in [3.63, 3.8) is 0 Å². The van der Waals surface area contributed by atoms with Crippen molar-refractivity contribution in [2.45, 2.75) is 19.0 Å². The molecule has 20 heavy (non-hydrogen) atoms. The third-order valence-corrected chi connectivity index (χ3v) is 4.20. The Morgan fingerprint density at radius 1 is 1.40 bits per heavy atom. The Bertz CT molecular complexity index is 588. The predicted octanol–water partition coefficient (Wildman–Crippen LogP) is 3.10. The molecule has 0 amide bonds. The number of likely N-dealkylation sites (N-methyl/N-ethyl adjacent to an activating group) is 1. The molecular formula is C15H19Cl2N3. The molecule has 3 rings (SSSR count). The van der Waals surface area contributed by atoms with Gasteiger partial charge in [-0.2, -0.15) is 0 Å². The lowest BCUT2D eigenvalue weighted by Gasteiger charge is -2.17. The minimum absolute atomic E-state index is 0. The van der Waals surface area contributed by atoms with Crippen LogP contribution in [0.25, 0.3) is 10.9 Å². The highest BCUT2D eigenvalue weighted by Gasteiger charge is 2.21. The SMILES string of the molecule is CNC1CCN(Cc2ccc(Cl)c3cccnc23)C1.Cl. The fraction of sp³-hybridized carbons (Fsp3) is 0.400. The molecule has 2 aromatic rings. The van der Waals surface area contributed by atoms with Gasteiger partial charge in [-0.05, 0) is 37.2 Å². The van der Waals surface area contributed by atoms with Gasteiger partial charge in [-0.3, -0.25) is 9.88 Å². The second kappa shape index (κ2) is 6.72. The average molecular weight is 312 g/mol. The zero-order chi connectivity index (χ0) is 13.2. The van der Waals surface area contributed by atoms with E-state index in [2.05, 4.69) is 21.3 Å². The minimum Gasteiger partial charge on any atom is -0.316 e. The molecule has 1 N–H and O–H groups in total. The van der Waals surface area contributed by atoms with Crippen LogP contribution in [0.2, 0.25) is 5.02 Å². The van der Waals surface area contributed by atoms with Crippen LogP contribution in [-0.4, -0.2) is 36.1 Å². The van der Waals surface area contributed by atoms with Crippen LogP contribution in [0.1, 0.15) is 12.0 Å². The standard InChI is InChI=1S/C15H18ClN3.ClH/c1-17-12-6-8-19(10-12)9-11-4-5-14(16)13-3-2-7-18-15(11)13;/h2-5,7,12,17H,6,8-10H2,1H3;1H. The fourth-order valence-corrected chi connectivity index (χ4v) is 2.99. The van der Waals surface area contributed by atoms with E-state index >= 15 is 0 Å². The molecule has 3 nitrogen and oxygen atoms in total. The Morgan fingerprint density at radius 2 is 2.25 bits per heavy atom. The molecule has 1 fully saturated rings. The van der Waals surface area contributed by atoms with Crippen LogP contribution in [0.5, 0.6) is 0 Å². The summed E-state index contributed by atoms with van der Waals surface area (Å²) in [6, 6.07) is 8.67. The van der Waals surface area contributed by atoms with Gasteiger partial charge in [0.15, 0.2) is 0 Å². The van der Waals surface area contributed by atoms with E-state index in [0.717, 1.165) is 35.6 Å². The summed E-state index contributed by atoms with van der Waals surface area (Å²) in [5.74, 6) is 0. The van der Waals surface area contributed by atoms with Crippen LogP contribution in [0.4, 0.5) is 0 Å². The quantitative estimate of drug-likeness (QED) is 0.944. The van der Waals surface area contributed by atoms with Gasteiger partial charge in [-0.25, -0.2) is 0 Å². The first kappa shape index (κ1) is 15.5. The monoisotopic (exact) mass is 311 g/mol. The maximum Gasteiger partial charge on any atom is 0.0761 e. The van der Waals surface area contributed by atoms with Gasteiger partial charge in [-0.15, -0.1) is 12.4 Å². The Balaban J connectivity index is 0.00000147. The Hall–Kier alpha value is -0.870. The Morgan fingerprint density at radius 3 is 3.00 bits per heavy atom. The number of benzene rings is 1. The topological polar surface area (TPSA) is 28.2 Å². The molecule has 1 atom stereocenters. The second-order valence-electron chi connectivity index (χ2n) is 5.12. The number of likely N-dealkylation sites (tertiary alicyclic amines) is 1. The van der Waals surface area contributed by atoms with Crippen LogP contribution in [-0.2, 0) is 6.54 Å². The first-order valence-corrected chi connectivity index (χ1v) is 7.07. The van der Waals surface area contributed by atoms with Gasteiger partial charge in [-0.1, -0.05) is 17.7 Å². The molecule has 1 aromatic carbocycles. The van der Waals surface area contributed by atoms with Crippen LogP contribution >= 0.6 is 24.0 Å². The van der Waals surface area contributed by atoms with E-state index in [4.69, 9.17) is 11.6 Å². The summed E-state index contributed by atoms with van der Waals surface area (Å²) in [5, 5.41) is 5.17. The molecule has 1 unspecified atom stereocenters. The summed E-state index contributed by atoms with van der Waals surface area (Å²) in [6.45, 7) is 3.19. The van der Waals surface area contributed by atoms with Crippen LogP contribution in [0.15, 0.2) is 30.5 Å². The van der Waals surface area contributed by atoms with E-state index < -0.39 is 0 Å². The number of aromatic nitrogens is 1. The van der Waals surface area contributed by atoms with E-state index in [0.29, 0.717) is 6.04 Å². The highest BCUT2D eigenvalue weighted by atomic mass is 35.5. The molecule has 2 heterocycles. The van der Waals surface area contributed by atoms with E-state index in [1.807, 2.05) is 31.4 Å². The summed E-state index contributed by atoms with van der Waals surface area (Å²) in [6.07, 6.45) is 3.05. The van der Waals surface area contributed by atoms with Crippen molar-refractivity contribution in [1.82, 2.24) is 15.2 Å². The summed E-state index contributed by atoms with van der Waals surface area (Å²) in [7, 11) is 2.04. The first-order valence-electron chi connectivity index (χ1n) is 6.69. The zero-order valence-electron chi connectivity index (χ0n) is 11.5. The summed E-state index contributed by atoms with van der Waals surface area (Å²) < 4.78 is 0. The maximum atomic E-state index is 6.23. The molecular weight excluding hydrogens is 293 g/mol. The maximum absolute atomic E-state index is 6.23. The lowest BCUT2D eigenvalue weighted by atomic mass is 10.1. The van der Waals surface area contributed by atoms with Crippen LogP contribution < -0.4 is 5.32 Å². The number of pyridine rings is 1. The molecule has 1 aromatic heterocycles. The third-order valence-electron chi connectivity index (χ3n) is 3.87. The largest absolute Gasteiger partial charge is 0.316 e. The van der Waals surface area contributed by atoms with Gasteiger partial charge in [0.1, 0.15) is 0 Å². The van der Waals surface area contributed by atoms with Crippen molar-refractivity contribution in [3.05, 3.63) is 41.0 Å². The summed E-state index contributed by atoms with van der Waals surface area (Å²) in [4.78, 5) is 6.97. The lowest BCUT2D eigenvalue weighted by Crippen LogP contribution is -2.29. The molecule has 0 bridgehead atoms. The van der Waals surface area contributed by atoms with E-state index in [1.54, 1.807) is 0 Å². The molecule has 108 valence electrons. The highest BCUT2D eigenvalue weighted by Crippen LogP contribution is 2.26. The van der Waals surface area contributed by atoms with Crippen molar-refractivity contribution >= 4 is 34.9 Å². The first-order chi connectivity index (χ1) is 9.28. The molecule has 0 aliphatic carbocycles. The third kappa shape index (κ3) is 3.07.